The molecule has 1 fully saturated rings. The first-order valence-electron chi connectivity index (χ1n) is 5.77. The summed E-state index contributed by atoms with van der Waals surface area (Å²) >= 11 is 1.75. The summed E-state index contributed by atoms with van der Waals surface area (Å²) in [5, 5.41) is 16.7. The number of hydrogen-bond donors (Lipinski definition) is 1. The molecule has 0 aliphatic carbocycles. The second-order valence-corrected chi connectivity index (χ2v) is 5.09. The maximum Gasteiger partial charge on any atom is 0.0627 e. The van der Waals surface area contributed by atoms with E-state index in [9.17, 15) is 0 Å². The molecule has 16 heavy (non-hydrogen) atoms. The van der Waals surface area contributed by atoms with E-state index < -0.39 is 0 Å². The van der Waals surface area contributed by atoms with Crippen LogP contribution in [-0.2, 0) is 6.54 Å². The van der Waals surface area contributed by atoms with E-state index in [4.69, 9.17) is 5.21 Å². The number of thiophene rings is 1. The molecule has 1 aliphatic heterocycles. The standard InChI is InChI=1S/C12H18N2OS/c1-2-11-8-14(5-3-12(11)13-15)7-10-4-6-16-9-10/h4,6,9,11,15H,2-3,5,7-8H2,1H3/b13-12+. The number of likely N-dealkylation sites (tertiary alicyclic amines) is 1. The van der Waals surface area contributed by atoms with Gasteiger partial charge in [0.05, 0.1) is 5.71 Å². The van der Waals surface area contributed by atoms with Crippen LogP contribution in [0.4, 0.5) is 0 Å². The molecule has 0 spiro atoms. The van der Waals surface area contributed by atoms with Crippen LogP contribution in [0, 0.1) is 5.92 Å². The van der Waals surface area contributed by atoms with Crippen molar-refractivity contribution in [1.82, 2.24) is 4.90 Å². The smallest absolute Gasteiger partial charge is 0.0627 e. The van der Waals surface area contributed by atoms with E-state index in [1.807, 2.05) is 0 Å². The van der Waals surface area contributed by atoms with Gasteiger partial charge >= 0.3 is 0 Å². The lowest BCUT2D eigenvalue weighted by atomic mass is 9.93. The number of piperidine rings is 1. The summed E-state index contributed by atoms with van der Waals surface area (Å²) < 4.78 is 0. The molecule has 3 nitrogen and oxygen atoms in total. The summed E-state index contributed by atoms with van der Waals surface area (Å²) in [5.41, 5.74) is 2.37. The SMILES string of the molecule is CCC1CN(Cc2ccsc2)CC/C1=N\O. The van der Waals surface area contributed by atoms with Crippen molar-refractivity contribution in [3.63, 3.8) is 0 Å². The Labute approximate surface area is 100 Å². The molecular formula is C12H18N2OS. The summed E-state index contributed by atoms with van der Waals surface area (Å²) in [6.45, 7) is 5.21. The number of rotatable bonds is 3. The molecule has 1 saturated heterocycles. The second kappa shape index (κ2) is 5.46. The monoisotopic (exact) mass is 238 g/mol. The highest BCUT2D eigenvalue weighted by atomic mass is 32.1. The molecule has 0 saturated carbocycles. The lowest BCUT2D eigenvalue weighted by Gasteiger charge is -2.32. The molecule has 1 aromatic rings. The lowest BCUT2D eigenvalue weighted by molar-refractivity contribution is 0.220. The highest BCUT2D eigenvalue weighted by molar-refractivity contribution is 7.07. The van der Waals surface area contributed by atoms with E-state index in [1.165, 1.54) is 5.56 Å². The van der Waals surface area contributed by atoms with Crippen molar-refractivity contribution in [2.45, 2.75) is 26.3 Å². The average Bonchev–Trinajstić information content (AvgIpc) is 2.81. The van der Waals surface area contributed by atoms with Crippen LogP contribution < -0.4 is 0 Å². The van der Waals surface area contributed by atoms with Crippen LogP contribution in [-0.4, -0.2) is 28.9 Å². The summed E-state index contributed by atoms with van der Waals surface area (Å²) in [7, 11) is 0. The van der Waals surface area contributed by atoms with Crippen molar-refractivity contribution in [3.05, 3.63) is 22.4 Å². The van der Waals surface area contributed by atoms with Crippen molar-refractivity contribution in [2.24, 2.45) is 11.1 Å². The second-order valence-electron chi connectivity index (χ2n) is 4.31. The Morgan fingerprint density at radius 1 is 1.62 bits per heavy atom. The zero-order chi connectivity index (χ0) is 11.4. The van der Waals surface area contributed by atoms with Gasteiger partial charge in [-0.1, -0.05) is 12.1 Å². The first-order valence-corrected chi connectivity index (χ1v) is 6.72. The molecule has 1 aliphatic rings. The molecule has 0 amide bonds. The predicted molar refractivity (Wildman–Crippen MR) is 67.2 cm³/mol. The molecule has 2 heterocycles. The van der Waals surface area contributed by atoms with Crippen LogP contribution in [0.5, 0.6) is 0 Å². The van der Waals surface area contributed by atoms with Crippen LogP contribution in [0.3, 0.4) is 0 Å². The lowest BCUT2D eigenvalue weighted by Crippen LogP contribution is -2.40. The highest BCUT2D eigenvalue weighted by Gasteiger charge is 2.24. The van der Waals surface area contributed by atoms with Gasteiger partial charge in [0.25, 0.3) is 0 Å². The molecule has 2 rings (SSSR count). The Kier molecular flexibility index (Phi) is 3.96. The zero-order valence-corrected chi connectivity index (χ0v) is 10.4. The fourth-order valence-electron chi connectivity index (χ4n) is 2.27. The van der Waals surface area contributed by atoms with Gasteiger partial charge in [0.15, 0.2) is 0 Å². The minimum atomic E-state index is 0.428. The largest absolute Gasteiger partial charge is 0.411 e. The third-order valence-electron chi connectivity index (χ3n) is 3.24. The molecule has 1 aromatic heterocycles. The summed E-state index contributed by atoms with van der Waals surface area (Å²) in [6, 6.07) is 2.18. The quantitative estimate of drug-likeness (QED) is 0.649. The van der Waals surface area contributed by atoms with Crippen LogP contribution in [0.1, 0.15) is 25.3 Å². The third-order valence-corrected chi connectivity index (χ3v) is 3.97. The zero-order valence-electron chi connectivity index (χ0n) is 9.59. The van der Waals surface area contributed by atoms with E-state index >= 15 is 0 Å². The van der Waals surface area contributed by atoms with Crippen molar-refractivity contribution >= 4 is 17.0 Å². The topological polar surface area (TPSA) is 35.8 Å². The van der Waals surface area contributed by atoms with E-state index in [0.717, 1.165) is 38.2 Å². The normalized spacial score (nSPS) is 25.1. The molecule has 0 aromatic carbocycles. The van der Waals surface area contributed by atoms with Gasteiger partial charge in [0.2, 0.25) is 0 Å². The molecule has 1 atom stereocenters. The van der Waals surface area contributed by atoms with Gasteiger partial charge in [0, 0.05) is 32.0 Å². The maximum absolute atomic E-state index is 8.91. The van der Waals surface area contributed by atoms with Gasteiger partial charge in [-0.25, -0.2) is 0 Å². The highest BCUT2D eigenvalue weighted by Crippen LogP contribution is 2.20. The van der Waals surface area contributed by atoms with E-state index in [0.29, 0.717) is 5.92 Å². The first kappa shape index (κ1) is 11.6. The average molecular weight is 238 g/mol. The van der Waals surface area contributed by atoms with Gasteiger partial charge in [-0.15, -0.1) is 0 Å². The minimum absolute atomic E-state index is 0.428. The molecule has 4 heteroatoms. The van der Waals surface area contributed by atoms with Gasteiger partial charge in [0.1, 0.15) is 0 Å². The predicted octanol–water partition coefficient (Wildman–Crippen LogP) is 2.81. The Balaban J connectivity index is 1.94. The van der Waals surface area contributed by atoms with Crippen molar-refractivity contribution < 1.29 is 5.21 Å². The minimum Gasteiger partial charge on any atom is -0.411 e. The van der Waals surface area contributed by atoms with Crippen LogP contribution in [0.25, 0.3) is 0 Å². The third kappa shape index (κ3) is 2.62. The molecular weight excluding hydrogens is 220 g/mol. The molecule has 1 N–H and O–H groups in total. The van der Waals surface area contributed by atoms with Crippen molar-refractivity contribution in [2.75, 3.05) is 13.1 Å². The molecule has 0 bridgehead atoms. The molecule has 1 unspecified atom stereocenters. The number of oxime groups is 1. The van der Waals surface area contributed by atoms with Gasteiger partial charge in [-0.2, -0.15) is 11.3 Å². The Bertz CT molecular complexity index is 348. The van der Waals surface area contributed by atoms with Crippen LogP contribution in [0.15, 0.2) is 22.0 Å². The van der Waals surface area contributed by atoms with Gasteiger partial charge in [-0.05, 0) is 28.8 Å². The Morgan fingerprint density at radius 2 is 2.50 bits per heavy atom. The van der Waals surface area contributed by atoms with Crippen molar-refractivity contribution in [1.29, 1.82) is 0 Å². The van der Waals surface area contributed by atoms with E-state index in [-0.39, 0.29) is 0 Å². The van der Waals surface area contributed by atoms with Gasteiger partial charge in [-0.3, -0.25) is 4.90 Å². The van der Waals surface area contributed by atoms with Gasteiger partial charge < -0.3 is 5.21 Å². The molecule has 88 valence electrons. The van der Waals surface area contributed by atoms with Crippen LogP contribution in [0.2, 0.25) is 0 Å². The summed E-state index contributed by atoms with van der Waals surface area (Å²) in [4.78, 5) is 2.45. The molecule has 0 radical (unpaired) electrons. The summed E-state index contributed by atoms with van der Waals surface area (Å²) in [6.07, 6.45) is 1.96. The fourth-order valence-corrected chi connectivity index (χ4v) is 2.93. The van der Waals surface area contributed by atoms with E-state index in [2.05, 4.69) is 33.8 Å². The maximum atomic E-state index is 8.91. The first-order chi connectivity index (χ1) is 7.83. The van der Waals surface area contributed by atoms with Crippen LogP contribution >= 0.6 is 11.3 Å². The Hall–Kier alpha value is -0.870. The fraction of sp³-hybridized carbons (Fsp3) is 0.583. The Morgan fingerprint density at radius 3 is 3.12 bits per heavy atom. The number of nitrogens with zero attached hydrogens (tertiary/aromatic N) is 2. The van der Waals surface area contributed by atoms with Crippen molar-refractivity contribution in [3.8, 4) is 0 Å². The van der Waals surface area contributed by atoms with E-state index in [1.54, 1.807) is 11.3 Å². The summed E-state index contributed by atoms with van der Waals surface area (Å²) in [5.74, 6) is 0.428. The number of hydrogen-bond acceptors (Lipinski definition) is 4.